The van der Waals surface area contributed by atoms with Crippen molar-refractivity contribution in [3.05, 3.63) is 42.5 Å². The molecule has 1 aromatic carbocycles. The summed E-state index contributed by atoms with van der Waals surface area (Å²) in [4.78, 5) is 11.8. The van der Waals surface area contributed by atoms with Crippen molar-refractivity contribution in [1.29, 1.82) is 0 Å². The maximum Gasteiger partial charge on any atom is 0.324 e. The summed E-state index contributed by atoms with van der Waals surface area (Å²) >= 11 is 0. The van der Waals surface area contributed by atoms with E-state index in [1.807, 2.05) is 30.3 Å². The molecule has 1 aromatic heterocycles. The molecule has 6 nitrogen and oxygen atoms in total. The zero-order chi connectivity index (χ0) is 14.9. The molecule has 0 aliphatic heterocycles. The van der Waals surface area contributed by atoms with Gasteiger partial charge < -0.3 is 10.6 Å². The van der Waals surface area contributed by atoms with Crippen LogP contribution in [0.25, 0.3) is 0 Å². The summed E-state index contributed by atoms with van der Waals surface area (Å²) in [5, 5.41) is 16.5. The first-order valence-electron chi connectivity index (χ1n) is 6.98. The molecule has 0 radical (unpaired) electrons. The number of benzene rings is 1. The highest BCUT2D eigenvalue weighted by atomic mass is 16.2. The Balaban J connectivity index is 1.83. The topological polar surface area (TPSA) is 78.9 Å². The minimum Gasteiger partial charge on any atom is -0.369 e. The summed E-state index contributed by atoms with van der Waals surface area (Å²) in [6.07, 6.45) is 2.21. The SMILES string of the molecule is CCCCNc1ccc(NC(=O)Nc2ccccc2)nn1. The number of hydrogen-bond acceptors (Lipinski definition) is 4. The molecule has 6 heteroatoms. The predicted octanol–water partition coefficient (Wildman–Crippen LogP) is 3.33. The van der Waals surface area contributed by atoms with Crippen molar-refractivity contribution < 1.29 is 4.79 Å². The Morgan fingerprint density at radius 2 is 1.71 bits per heavy atom. The number of rotatable bonds is 6. The molecule has 2 amide bonds. The lowest BCUT2D eigenvalue weighted by Crippen LogP contribution is -2.20. The molecular formula is C15H19N5O. The van der Waals surface area contributed by atoms with Crippen LogP contribution in [0.15, 0.2) is 42.5 Å². The number of nitrogens with zero attached hydrogens (tertiary/aromatic N) is 2. The molecule has 0 saturated carbocycles. The van der Waals surface area contributed by atoms with Crippen LogP contribution in [-0.2, 0) is 0 Å². The number of unbranched alkanes of at least 4 members (excludes halogenated alkanes) is 1. The van der Waals surface area contributed by atoms with E-state index in [-0.39, 0.29) is 6.03 Å². The van der Waals surface area contributed by atoms with E-state index in [0.717, 1.165) is 25.1 Å². The van der Waals surface area contributed by atoms with Crippen LogP contribution in [0.3, 0.4) is 0 Å². The van der Waals surface area contributed by atoms with Gasteiger partial charge in [-0.15, -0.1) is 10.2 Å². The second-order valence-electron chi connectivity index (χ2n) is 4.53. The van der Waals surface area contributed by atoms with E-state index >= 15 is 0 Å². The van der Waals surface area contributed by atoms with Gasteiger partial charge in [-0.05, 0) is 30.7 Å². The van der Waals surface area contributed by atoms with Crippen molar-refractivity contribution in [3.8, 4) is 0 Å². The second-order valence-corrected chi connectivity index (χ2v) is 4.53. The van der Waals surface area contributed by atoms with Crippen LogP contribution in [0.2, 0.25) is 0 Å². The van der Waals surface area contributed by atoms with E-state index in [0.29, 0.717) is 11.6 Å². The highest BCUT2D eigenvalue weighted by Gasteiger charge is 2.04. The lowest BCUT2D eigenvalue weighted by atomic mass is 10.3. The number of para-hydroxylation sites is 1. The highest BCUT2D eigenvalue weighted by molar-refractivity contribution is 5.99. The molecule has 0 spiro atoms. The van der Waals surface area contributed by atoms with Gasteiger partial charge in [-0.1, -0.05) is 31.5 Å². The van der Waals surface area contributed by atoms with Crippen LogP contribution in [0.1, 0.15) is 19.8 Å². The molecule has 0 fully saturated rings. The number of nitrogens with one attached hydrogen (secondary N) is 3. The summed E-state index contributed by atoms with van der Waals surface area (Å²) in [5.41, 5.74) is 0.723. The highest BCUT2D eigenvalue weighted by Crippen LogP contribution is 2.08. The molecule has 0 unspecified atom stereocenters. The number of carbonyl (C=O) groups is 1. The van der Waals surface area contributed by atoms with Gasteiger partial charge >= 0.3 is 6.03 Å². The Labute approximate surface area is 124 Å². The van der Waals surface area contributed by atoms with Gasteiger partial charge in [0.15, 0.2) is 5.82 Å². The quantitative estimate of drug-likeness (QED) is 0.711. The molecule has 2 rings (SSSR count). The third-order valence-electron chi connectivity index (χ3n) is 2.77. The van der Waals surface area contributed by atoms with E-state index in [1.165, 1.54) is 0 Å². The fourth-order valence-electron chi connectivity index (χ4n) is 1.69. The van der Waals surface area contributed by atoms with E-state index < -0.39 is 0 Å². The molecule has 0 aliphatic rings. The maximum atomic E-state index is 11.8. The third-order valence-corrected chi connectivity index (χ3v) is 2.77. The van der Waals surface area contributed by atoms with E-state index in [9.17, 15) is 4.79 Å². The first-order chi connectivity index (χ1) is 10.3. The lowest BCUT2D eigenvalue weighted by molar-refractivity contribution is 0.262. The molecular weight excluding hydrogens is 266 g/mol. The van der Waals surface area contributed by atoms with Crippen LogP contribution in [0.5, 0.6) is 0 Å². The first kappa shape index (κ1) is 14.8. The molecule has 110 valence electrons. The van der Waals surface area contributed by atoms with Crippen LogP contribution in [-0.4, -0.2) is 22.8 Å². The molecule has 1 heterocycles. The monoisotopic (exact) mass is 285 g/mol. The van der Waals surface area contributed by atoms with Crippen molar-refractivity contribution >= 4 is 23.4 Å². The van der Waals surface area contributed by atoms with Crippen LogP contribution in [0, 0.1) is 0 Å². The summed E-state index contributed by atoms with van der Waals surface area (Å²) in [7, 11) is 0. The molecule has 3 N–H and O–H groups in total. The van der Waals surface area contributed by atoms with Gasteiger partial charge in [0.1, 0.15) is 5.82 Å². The van der Waals surface area contributed by atoms with E-state index in [2.05, 4.69) is 33.1 Å². The number of anilines is 3. The van der Waals surface area contributed by atoms with E-state index in [1.54, 1.807) is 12.1 Å². The van der Waals surface area contributed by atoms with E-state index in [4.69, 9.17) is 0 Å². The largest absolute Gasteiger partial charge is 0.369 e. The van der Waals surface area contributed by atoms with Gasteiger partial charge in [-0.2, -0.15) is 0 Å². The van der Waals surface area contributed by atoms with Gasteiger partial charge in [-0.3, -0.25) is 5.32 Å². The number of hydrogen-bond donors (Lipinski definition) is 3. The summed E-state index contributed by atoms with van der Waals surface area (Å²) < 4.78 is 0. The fraction of sp³-hybridized carbons (Fsp3) is 0.267. The van der Waals surface area contributed by atoms with Gasteiger partial charge in [0.2, 0.25) is 0 Å². The Hall–Kier alpha value is -2.63. The van der Waals surface area contributed by atoms with Gasteiger partial charge in [0.25, 0.3) is 0 Å². The predicted molar refractivity (Wildman–Crippen MR) is 84.5 cm³/mol. The lowest BCUT2D eigenvalue weighted by Gasteiger charge is -2.07. The Kier molecular flexibility index (Phi) is 5.51. The Bertz CT molecular complexity index is 556. The smallest absolute Gasteiger partial charge is 0.324 e. The summed E-state index contributed by atoms with van der Waals surface area (Å²) in [6.45, 7) is 3.00. The molecule has 0 saturated heterocycles. The van der Waals surface area contributed by atoms with Crippen molar-refractivity contribution in [2.24, 2.45) is 0 Å². The molecule has 0 aliphatic carbocycles. The van der Waals surface area contributed by atoms with Crippen LogP contribution in [0.4, 0.5) is 22.1 Å². The van der Waals surface area contributed by atoms with Crippen molar-refractivity contribution in [2.75, 3.05) is 22.5 Å². The third kappa shape index (κ3) is 5.10. The number of amides is 2. The van der Waals surface area contributed by atoms with Crippen molar-refractivity contribution in [1.82, 2.24) is 10.2 Å². The average Bonchev–Trinajstić information content (AvgIpc) is 2.50. The molecule has 0 bridgehead atoms. The Morgan fingerprint density at radius 1 is 1.00 bits per heavy atom. The maximum absolute atomic E-state index is 11.8. The number of urea groups is 1. The van der Waals surface area contributed by atoms with Crippen molar-refractivity contribution in [2.45, 2.75) is 19.8 Å². The number of aromatic nitrogens is 2. The fourth-order valence-corrected chi connectivity index (χ4v) is 1.69. The summed E-state index contributed by atoms with van der Waals surface area (Å²) in [6, 6.07) is 12.4. The molecule has 0 atom stereocenters. The zero-order valence-electron chi connectivity index (χ0n) is 12.0. The standard InChI is InChI=1S/C15H19N5O/c1-2-3-11-16-13-9-10-14(20-19-13)18-15(21)17-12-7-5-4-6-8-12/h4-10H,2-3,11H2,1H3,(H,16,19)(H2,17,18,20,21). The van der Waals surface area contributed by atoms with Gasteiger partial charge in [-0.25, -0.2) is 4.79 Å². The van der Waals surface area contributed by atoms with Crippen molar-refractivity contribution in [3.63, 3.8) is 0 Å². The normalized spacial score (nSPS) is 9.95. The minimum absolute atomic E-state index is 0.345. The first-order valence-corrected chi connectivity index (χ1v) is 6.98. The number of carbonyl (C=O) groups excluding carboxylic acids is 1. The zero-order valence-corrected chi connectivity index (χ0v) is 12.0. The second kappa shape index (κ2) is 7.84. The van der Waals surface area contributed by atoms with Gasteiger partial charge in [0.05, 0.1) is 0 Å². The average molecular weight is 285 g/mol. The summed E-state index contributed by atoms with van der Waals surface area (Å²) in [5.74, 6) is 1.11. The Morgan fingerprint density at radius 3 is 2.38 bits per heavy atom. The van der Waals surface area contributed by atoms with Crippen LogP contribution >= 0.6 is 0 Å². The van der Waals surface area contributed by atoms with Crippen LogP contribution < -0.4 is 16.0 Å². The van der Waals surface area contributed by atoms with Gasteiger partial charge in [0, 0.05) is 12.2 Å². The minimum atomic E-state index is -0.345. The molecule has 21 heavy (non-hydrogen) atoms. The molecule has 2 aromatic rings.